The van der Waals surface area contributed by atoms with Gasteiger partial charge in [0.1, 0.15) is 18.4 Å². The highest BCUT2D eigenvalue weighted by Crippen LogP contribution is 2.22. The van der Waals surface area contributed by atoms with Gasteiger partial charge in [0.25, 0.3) is 0 Å². The summed E-state index contributed by atoms with van der Waals surface area (Å²) in [6, 6.07) is 29.9. The van der Waals surface area contributed by atoms with Gasteiger partial charge in [-0.2, -0.15) is 0 Å². The molecule has 4 aromatic carbocycles. The lowest BCUT2D eigenvalue weighted by Gasteiger charge is -2.18. The maximum Gasteiger partial charge on any atom is 0.326 e. The number of carbonyl (C=O) groups excluding carboxylic acids is 2. The molecule has 7 nitrogen and oxygen atoms in total. The number of nitrogens with one attached hydrogen (secondary N) is 2. The Balaban J connectivity index is 1.28. The Kier molecular flexibility index (Phi) is 12.8. The molecule has 1 unspecified atom stereocenters. The summed E-state index contributed by atoms with van der Waals surface area (Å²) in [5, 5.41) is 16.4. The molecular weight excluding hydrogens is 564 g/mol. The highest BCUT2D eigenvalue weighted by atomic mass is 16.5. The molecule has 0 amide bonds. The van der Waals surface area contributed by atoms with Crippen molar-refractivity contribution in [3.8, 4) is 5.75 Å². The first-order valence-corrected chi connectivity index (χ1v) is 15.7. The first-order valence-electron chi connectivity index (χ1n) is 15.7. The molecule has 0 aromatic heterocycles. The van der Waals surface area contributed by atoms with Crippen LogP contribution in [0.1, 0.15) is 77.3 Å². The van der Waals surface area contributed by atoms with Crippen LogP contribution >= 0.6 is 0 Å². The van der Waals surface area contributed by atoms with Crippen molar-refractivity contribution in [3.05, 3.63) is 125 Å². The predicted octanol–water partition coefficient (Wildman–Crippen LogP) is 8.06. The number of hydrogen-bond donors (Lipinski definition) is 3. The van der Waals surface area contributed by atoms with E-state index in [4.69, 9.17) is 4.74 Å². The van der Waals surface area contributed by atoms with E-state index in [0.717, 1.165) is 24.1 Å². The number of anilines is 2. The van der Waals surface area contributed by atoms with Crippen LogP contribution in [0.2, 0.25) is 0 Å². The van der Waals surface area contributed by atoms with E-state index in [0.29, 0.717) is 47.7 Å². The van der Waals surface area contributed by atoms with Gasteiger partial charge in [0, 0.05) is 47.5 Å². The standard InChI is InChI=1S/C38H42N2O5/c1-2-3-4-5-9-20-36(41)31-16-10-12-18-33(31)39-25-26-45-30-23-21-28(22-24-30)27-35(38(43)44)40-34-19-13-11-17-32(34)37(42)29-14-7-6-8-15-29/h6-8,10-19,21-24,35,39-40H,2-5,9,20,25-27H2,1H3,(H,43,44). The third-order valence-corrected chi connectivity index (χ3v) is 7.62. The summed E-state index contributed by atoms with van der Waals surface area (Å²) in [6.45, 7) is 3.10. The topological polar surface area (TPSA) is 105 Å². The molecule has 45 heavy (non-hydrogen) atoms. The Morgan fingerprint density at radius 2 is 1.38 bits per heavy atom. The highest BCUT2D eigenvalue weighted by Gasteiger charge is 2.21. The maximum atomic E-state index is 13.1. The van der Waals surface area contributed by atoms with Crippen LogP contribution in [0.25, 0.3) is 0 Å². The third-order valence-electron chi connectivity index (χ3n) is 7.62. The summed E-state index contributed by atoms with van der Waals surface area (Å²) in [5.74, 6) is -0.368. The van der Waals surface area contributed by atoms with Crippen molar-refractivity contribution in [2.75, 3.05) is 23.8 Å². The average Bonchev–Trinajstić information content (AvgIpc) is 3.07. The zero-order valence-electron chi connectivity index (χ0n) is 25.8. The Morgan fingerprint density at radius 3 is 2.09 bits per heavy atom. The van der Waals surface area contributed by atoms with E-state index in [1.165, 1.54) is 19.3 Å². The quantitative estimate of drug-likeness (QED) is 0.0732. The molecule has 3 N–H and O–H groups in total. The van der Waals surface area contributed by atoms with E-state index in [2.05, 4.69) is 17.6 Å². The Bertz CT molecular complexity index is 1540. The van der Waals surface area contributed by atoms with Crippen LogP contribution < -0.4 is 15.4 Å². The molecule has 0 fully saturated rings. The van der Waals surface area contributed by atoms with E-state index in [9.17, 15) is 19.5 Å². The minimum Gasteiger partial charge on any atom is -0.492 e. The first kappa shape index (κ1) is 33.0. The summed E-state index contributed by atoms with van der Waals surface area (Å²) >= 11 is 0. The fourth-order valence-corrected chi connectivity index (χ4v) is 5.16. The van der Waals surface area contributed by atoms with Gasteiger partial charge in [-0.15, -0.1) is 0 Å². The lowest BCUT2D eigenvalue weighted by Crippen LogP contribution is -2.32. The van der Waals surface area contributed by atoms with Crippen LogP contribution in [-0.2, 0) is 11.2 Å². The van der Waals surface area contributed by atoms with Crippen LogP contribution in [0, 0.1) is 0 Å². The molecule has 7 heteroatoms. The molecule has 0 aliphatic rings. The fourth-order valence-electron chi connectivity index (χ4n) is 5.16. The number of carbonyl (C=O) groups is 3. The van der Waals surface area contributed by atoms with E-state index < -0.39 is 12.0 Å². The third kappa shape index (κ3) is 10.1. The van der Waals surface area contributed by atoms with E-state index in [-0.39, 0.29) is 18.0 Å². The number of rotatable bonds is 19. The van der Waals surface area contributed by atoms with Crippen LogP contribution in [-0.4, -0.2) is 41.8 Å². The molecule has 0 spiro atoms. The van der Waals surface area contributed by atoms with Gasteiger partial charge in [0.05, 0.1) is 0 Å². The molecular formula is C38H42N2O5. The number of carboxylic acid groups (broad SMARTS) is 1. The minimum absolute atomic E-state index is 0.159. The molecule has 4 rings (SSSR count). The monoisotopic (exact) mass is 606 g/mol. The van der Waals surface area contributed by atoms with E-state index in [1.54, 1.807) is 48.5 Å². The lowest BCUT2D eigenvalue weighted by molar-refractivity contribution is -0.137. The lowest BCUT2D eigenvalue weighted by atomic mass is 10.00. The van der Waals surface area contributed by atoms with Crippen molar-refractivity contribution in [2.24, 2.45) is 0 Å². The number of ketones is 2. The number of hydrogen-bond acceptors (Lipinski definition) is 6. The number of aliphatic carboxylic acids is 1. The summed E-state index contributed by atoms with van der Waals surface area (Å²) in [7, 11) is 0. The second-order valence-electron chi connectivity index (χ2n) is 11.0. The molecule has 0 aliphatic carbocycles. The zero-order valence-corrected chi connectivity index (χ0v) is 25.8. The number of para-hydroxylation sites is 2. The summed E-state index contributed by atoms with van der Waals surface area (Å²) in [5.41, 5.74) is 3.77. The number of unbranched alkanes of at least 4 members (excludes halogenated alkanes) is 4. The van der Waals surface area contributed by atoms with Crippen molar-refractivity contribution in [1.29, 1.82) is 0 Å². The van der Waals surface area contributed by atoms with Gasteiger partial charge in [-0.25, -0.2) is 4.79 Å². The molecule has 0 bridgehead atoms. The van der Waals surface area contributed by atoms with Gasteiger partial charge >= 0.3 is 5.97 Å². The van der Waals surface area contributed by atoms with Gasteiger partial charge < -0.3 is 20.5 Å². The van der Waals surface area contributed by atoms with Gasteiger partial charge in [0.2, 0.25) is 0 Å². The summed E-state index contributed by atoms with van der Waals surface area (Å²) < 4.78 is 5.90. The molecule has 0 saturated heterocycles. The number of benzene rings is 4. The SMILES string of the molecule is CCCCCCCC(=O)c1ccccc1NCCOc1ccc(CC(Nc2ccccc2C(=O)c2ccccc2)C(=O)O)cc1. The van der Waals surface area contributed by atoms with Crippen molar-refractivity contribution >= 4 is 28.9 Å². The Hall–Kier alpha value is -4.91. The van der Waals surface area contributed by atoms with Crippen LogP contribution in [0.4, 0.5) is 11.4 Å². The van der Waals surface area contributed by atoms with Gasteiger partial charge in [-0.1, -0.05) is 99.3 Å². The van der Waals surface area contributed by atoms with E-state index >= 15 is 0 Å². The predicted molar refractivity (Wildman–Crippen MR) is 180 cm³/mol. The van der Waals surface area contributed by atoms with Crippen LogP contribution in [0.15, 0.2) is 103 Å². The molecule has 0 saturated carbocycles. The van der Waals surface area contributed by atoms with Crippen molar-refractivity contribution < 1.29 is 24.2 Å². The maximum absolute atomic E-state index is 13.1. The fraction of sp³-hybridized carbons (Fsp3) is 0.289. The Morgan fingerprint density at radius 1 is 0.733 bits per heavy atom. The normalized spacial score (nSPS) is 11.4. The molecule has 0 aliphatic heterocycles. The number of ether oxygens (including phenoxy) is 1. The number of carboxylic acids is 1. The zero-order chi connectivity index (χ0) is 31.9. The van der Waals surface area contributed by atoms with Crippen LogP contribution in [0.3, 0.4) is 0 Å². The minimum atomic E-state index is -1.02. The summed E-state index contributed by atoms with van der Waals surface area (Å²) in [6.07, 6.45) is 6.34. The van der Waals surface area contributed by atoms with Gasteiger partial charge in [-0.3, -0.25) is 9.59 Å². The highest BCUT2D eigenvalue weighted by molar-refractivity contribution is 6.12. The Labute approximate surface area is 265 Å². The number of Topliss-reactive ketones (excluding diaryl/α,β-unsaturated/α-hetero) is 1. The largest absolute Gasteiger partial charge is 0.492 e. The molecule has 0 heterocycles. The first-order chi connectivity index (χ1) is 22.0. The van der Waals surface area contributed by atoms with Crippen molar-refractivity contribution in [1.82, 2.24) is 0 Å². The van der Waals surface area contributed by atoms with Gasteiger partial charge in [-0.05, 0) is 48.4 Å². The second-order valence-corrected chi connectivity index (χ2v) is 11.0. The van der Waals surface area contributed by atoms with E-state index in [1.807, 2.05) is 54.6 Å². The van der Waals surface area contributed by atoms with Crippen molar-refractivity contribution in [3.63, 3.8) is 0 Å². The molecule has 1 atom stereocenters. The second kappa shape index (κ2) is 17.4. The van der Waals surface area contributed by atoms with Crippen molar-refractivity contribution in [2.45, 2.75) is 57.9 Å². The van der Waals surface area contributed by atoms with Gasteiger partial charge in [0.15, 0.2) is 11.6 Å². The molecule has 4 aromatic rings. The average molecular weight is 607 g/mol. The molecule has 234 valence electrons. The summed E-state index contributed by atoms with van der Waals surface area (Å²) in [4.78, 5) is 38.1. The smallest absolute Gasteiger partial charge is 0.326 e. The van der Waals surface area contributed by atoms with Crippen LogP contribution in [0.5, 0.6) is 5.75 Å². The molecule has 0 radical (unpaired) electrons.